The van der Waals surface area contributed by atoms with Crippen molar-refractivity contribution in [2.24, 2.45) is 5.92 Å². The van der Waals surface area contributed by atoms with E-state index in [1.807, 2.05) is 0 Å². The second kappa shape index (κ2) is 4.41. The number of hydrogen-bond donors (Lipinski definition) is 0. The third-order valence-electron chi connectivity index (χ3n) is 1.08. The monoisotopic (exact) mass is 120 g/mol. The van der Waals surface area contributed by atoms with Crippen LogP contribution in [0.3, 0.4) is 0 Å². The Morgan fingerprint density at radius 2 is 2.29 bits per heavy atom. The van der Waals surface area contributed by atoms with Crippen molar-refractivity contribution in [3.05, 3.63) is 4.84 Å². The van der Waals surface area contributed by atoms with E-state index in [0.717, 1.165) is 13.0 Å². The van der Waals surface area contributed by atoms with Gasteiger partial charge in [-0.15, -0.1) is 6.54 Å². The molecule has 0 aliphatic rings. The molecule has 0 amide bonds. The van der Waals surface area contributed by atoms with Crippen molar-refractivity contribution >= 4 is 11.8 Å². The summed E-state index contributed by atoms with van der Waals surface area (Å²) in [4.78, 5) is 3.48. The Balaban J connectivity index is 2.83. The zero-order valence-corrected chi connectivity index (χ0v) is 5.57. The molecule has 0 aromatic carbocycles. The van der Waals surface area contributed by atoms with Gasteiger partial charge in [0, 0.05) is 0 Å². The first-order valence-electron chi connectivity index (χ1n) is 2.59. The molecule has 0 aromatic heterocycles. The highest BCUT2D eigenvalue weighted by molar-refractivity contribution is 6.24. The van der Waals surface area contributed by atoms with Crippen molar-refractivity contribution < 1.29 is 0 Å². The lowest BCUT2D eigenvalue weighted by molar-refractivity contribution is 0.607. The third-order valence-corrected chi connectivity index (χ3v) is 1.22. The summed E-state index contributed by atoms with van der Waals surface area (Å²) >= 11 is 5.10. The van der Waals surface area contributed by atoms with E-state index in [9.17, 15) is 0 Å². The van der Waals surface area contributed by atoms with Crippen LogP contribution in [0.4, 0.5) is 0 Å². The van der Waals surface area contributed by atoms with Gasteiger partial charge in [0.25, 0.3) is 0 Å². The molecular weight excluding hydrogens is 110 g/mol. The van der Waals surface area contributed by atoms with Crippen LogP contribution in [-0.4, -0.2) is 6.54 Å². The molecule has 44 valence electrons. The lowest BCUT2D eigenvalue weighted by Gasteiger charge is -2.14. The smallest absolute Gasteiger partial charge is 0.0552 e. The van der Waals surface area contributed by atoms with Crippen molar-refractivity contribution in [1.29, 1.82) is 0 Å². The minimum atomic E-state index is 0.650. The molecule has 2 heteroatoms. The first-order valence-corrected chi connectivity index (χ1v) is 2.92. The Morgan fingerprint density at radius 3 is 2.43 bits per heavy atom. The second-order valence-electron chi connectivity index (χ2n) is 1.82. The first-order chi connectivity index (χ1) is 3.31. The Bertz CT molecular complexity index is 39.1. The van der Waals surface area contributed by atoms with Crippen LogP contribution in [-0.2, 0) is 0 Å². The fourth-order valence-corrected chi connectivity index (χ4v) is 0.483. The summed E-state index contributed by atoms with van der Waals surface area (Å²) in [5.74, 6) is 0.650. The summed E-state index contributed by atoms with van der Waals surface area (Å²) in [6.07, 6.45) is 1.16. The number of halogens is 1. The summed E-state index contributed by atoms with van der Waals surface area (Å²) in [5.41, 5.74) is 0. The van der Waals surface area contributed by atoms with Gasteiger partial charge in [-0.1, -0.05) is 26.2 Å². The molecule has 1 nitrogen and oxygen atoms in total. The standard InChI is InChI=1S/C5H11ClN/c1-3-5(2)4-7-6/h5H,3-4H2,1-2H3/q-1. The van der Waals surface area contributed by atoms with E-state index in [-0.39, 0.29) is 0 Å². The lowest BCUT2D eigenvalue weighted by Crippen LogP contribution is -1.94. The largest absolute Gasteiger partial charge is 0.575 e. The highest BCUT2D eigenvalue weighted by atomic mass is 35.5. The molecule has 0 saturated carbocycles. The van der Waals surface area contributed by atoms with Crippen LogP contribution in [0, 0.1) is 5.92 Å². The fourth-order valence-electron chi connectivity index (χ4n) is 0.247. The van der Waals surface area contributed by atoms with Crippen LogP contribution in [0.25, 0.3) is 4.84 Å². The third kappa shape index (κ3) is 4.10. The number of hydrogen-bond acceptors (Lipinski definition) is 0. The van der Waals surface area contributed by atoms with Gasteiger partial charge in [-0.05, 0) is 0 Å². The van der Waals surface area contributed by atoms with E-state index in [0.29, 0.717) is 5.92 Å². The average Bonchev–Trinajstić information content (AvgIpc) is 1.68. The SMILES string of the molecule is CCC(C)C[N-]Cl. The van der Waals surface area contributed by atoms with Gasteiger partial charge in [0.2, 0.25) is 0 Å². The van der Waals surface area contributed by atoms with E-state index in [2.05, 4.69) is 18.7 Å². The van der Waals surface area contributed by atoms with Crippen molar-refractivity contribution in [2.75, 3.05) is 6.54 Å². The first kappa shape index (κ1) is 7.25. The van der Waals surface area contributed by atoms with Gasteiger partial charge in [-0.3, -0.25) is 11.8 Å². The highest BCUT2D eigenvalue weighted by Crippen LogP contribution is 2.05. The van der Waals surface area contributed by atoms with Crippen molar-refractivity contribution in [1.82, 2.24) is 0 Å². The molecule has 0 bridgehead atoms. The topological polar surface area (TPSA) is 14.1 Å². The van der Waals surface area contributed by atoms with Crippen molar-refractivity contribution in [3.63, 3.8) is 0 Å². The van der Waals surface area contributed by atoms with Gasteiger partial charge < -0.3 is 4.84 Å². The number of rotatable bonds is 3. The highest BCUT2D eigenvalue weighted by Gasteiger charge is 1.86. The summed E-state index contributed by atoms with van der Waals surface area (Å²) in [6, 6.07) is 0. The molecule has 0 aliphatic carbocycles. The zero-order chi connectivity index (χ0) is 5.70. The lowest BCUT2D eigenvalue weighted by atomic mass is 10.1. The Morgan fingerprint density at radius 1 is 1.71 bits per heavy atom. The predicted octanol–water partition coefficient (Wildman–Crippen LogP) is 2.56. The summed E-state index contributed by atoms with van der Waals surface area (Å²) < 4.78 is 0. The molecule has 0 heterocycles. The van der Waals surface area contributed by atoms with Crippen LogP contribution in [0.2, 0.25) is 0 Å². The molecule has 0 radical (unpaired) electrons. The van der Waals surface area contributed by atoms with Crippen LogP contribution in [0.1, 0.15) is 20.3 Å². The molecule has 0 aromatic rings. The Hall–Kier alpha value is 0.250. The van der Waals surface area contributed by atoms with Gasteiger partial charge in [-0.2, -0.15) is 0 Å². The molecule has 1 atom stereocenters. The van der Waals surface area contributed by atoms with Crippen molar-refractivity contribution in [3.8, 4) is 0 Å². The minimum Gasteiger partial charge on any atom is -0.575 e. The van der Waals surface area contributed by atoms with E-state index < -0.39 is 0 Å². The molecule has 0 aliphatic heterocycles. The fraction of sp³-hybridized carbons (Fsp3) is 1.00. The van der Waals surface area contributed by atoms with Gasteiger partial charge >= 0.3 is 0 Å². The van der Waals surface area contributed by atoms with Gasteiger partial charge in [0.05, 0.1) is 0 Å². The summed E-state index contributed by atoms with van der Waals surface area (Å²) in [7, 11) is 0. The van der Waals surface area contributed by atoms with E-state index in [1.54, 1.807) is 0 Å². The Kier molecular flexibility index (Phi) is 4.57. The maximum Gasteiger partial charge on any atom is -0.0552 e. The molecule has 1 unspecified atom stereocenters. The van der Waals surface area contributed by atoms with Crippen molar-refractivity contribution in [2.45, 2.75) is 20.3 Å². The molecule has 0 saturated heterocycles. The molecule has 0 rings (SSSR count). The second-order valence-corrected chi connectivity index (χ2v) is 2.05. The minimum absolute atomic E-state index is 0.650. The maximum absolute atomic E-state index is 5.10. The van der Waals surface area contributed by atoms with Gasteiger partial charge in [-0.25, -0.2) is 0 Å². The molecule has 0 fully saturated rings. The van der Waals surface area contributed by atoms with Crippen LogP contribution in [0.15, 0.2) is 0 Å². The molecule has 0 N–H and O–H groups in total. The number of nitrogens with zero attached hydrogens (tertiary/aromatic N) is 1. The van der Waals surface area contributed by atoms with E-state index in [4.69, 9.17) is 11.8 Å². The Labute approximate surface area is 50.2 Å². The zero-order valence-electron chi connectivity index (χ0n) is 4.82. The summed E-state index contributed by atoms with van der Waals surface area (Å²) in [5, 5.41) is 0. The van der Waals surface area contributed by atoms with Crippen LogP contribution >= 0.6 is 11.8 Å². The van der Waals surface area contributed by atoms with E-state index >= 15 is 0 Å². The van der Waals surface area contributed by atoms with Crippen LogP contribution in [0.5, 0.6) is 0 Å². The van der Waals surface area contributed by atoms with E-state index in [1.165, 1.54) is 0 Å². The summed E-state index contributed by atoms with van der Waals surface area (Å²) in [6.45, 7) is 5.05. The maximum atomic E-state index is 5.10. The predicted molar refractivity (Wildman–Crippen MR) is 33.5 cm³/mol. The van der Waals surface area contributed by atoms with Crippen LogP contribution < -0.4 is 0 Å². The van der Waals surface area contributed by atoms with Gasteiger partial charge in [0.15, 0.2) is 0 Å². The quantitative estimate of drug-likeness (QED) is 0.544. The molecule has 7 heavy (non-hydrogen) atoms. The molecular formula is C5H11ClN-. The molecule has 0 spiro atoms. The normalized spacial score (nSPS) is 14.1. The average molecular weight is 121 g/mol. The van der Waals surface area contributed by atoms with Gasteiger partial charge in [0.1, 0.15) is 0 Å².